The summed E-state index contributed by atoms with van der Waals surface area (Å²) in [7, 11) is 0. The third-order valence-electron chi connectivity index (χ3n) is 3.83. The molecule has 0 aliphatic heterocycles. The minimum atomic E-state index is -0.563. The van der Waals surface area contributed by atoms with Gasteiger partial charge in [-0.05, 0) is 37.5 Å². The molecule has 0 spiro atoms. The smallest absolute Gasteiger partial charge is 0.0746 e. The highest BCUT2D eigenvalue weighted by Crippen LogP contribution is 2.37. The molecule has 2 atom stereocenters. The summed E-state index contributed by atoms with van der Waals surface area (Å²) in [4.78, 5) is 0. The molecule has 1 fully saturated rings. The number of hydrogen-bond acceptors (Lipinski definition) is 2. The Kier molecular flexibility index (Phi) is 4.42. The molecule has 0 aromatic carbocycles. The molecule has 0 saturated heterocycles. The monoisotopic (exact) mass is 227 g/mol. The molecule has 0 heterocycles. The fraction of sp³-hybridized carbons (Fsp3) is 1.00. The third-order valence-corrected chi connectivity index (χ3v) is 3.83. The van der Waals surface area contributed by atoms with E-state index in [1.165, 1.54) is 19.3 Å². The minimum absolute atomic E-state index is 0.397. The first-order chi connectivity index (χ1) is 7.23. The third kappa shape index (κ3) is 4.06. The van der Waals surface area contributed by atoms with Gasteiger partial charge in [0.2, 0.25) is 0 Å². The Balaban J connectivity index is 2.39. The summed E-state index contributed by atoms with van der Waals surface area (Å²) in [5.41, 5.74) is -0.166. The first kappa shape index (κ1) is 14.0. The molecule has 2 unspecified atom stereocenters. The van der Waals surface area contributed by atoms with Gasteiger partial charge in [-0.1, -0.05) is 34.1 Å². The summed E-state index contributed by atoms with van der Waals surface area (Å²) in [5.74, 6) is 0.549. The maximum atomic E-state index is 10.3. The molecule has 2 nitrogen and oxygen atoms in total. The second-order valence-electron chi connectivity index (χ2n) is 6.91. The Morgan fingerprint density at radius 3 is 2.50 bits per heavy atom. The van der Waals surface area contributed by atoms with Crippen LogP contribution in [-0.4, -0.2) is 23.3 Å². The molecule has 0 aromatic rings. The standard InChI is InChI=1S/C14H29NO/c1-11(2)9-14(5,16)10-15-12-7-6-8-13(12,3)4/h11-12,15-16H,6-10H2,1-5H3. The molecule has 1 aliphatic carbocycles. The number of nitrogens with one attached hydrogen (secondary N) is 1. The van der Waals surface area contributed by atoms with Gasteiger partial charge in [-0.3, -0.25) is 0 Å². The first-order valence-corrected chi connectivity index (χ1v) is 6.69. The maximum absolute atomic E-state index is 10.3. The molecule has 2 heteroatoms. The molecule has 16 heavy (non-hydrogen) atoms. The summed E-state index contributed by atoms with van der Waals surface area (Å²) >= 11 is 0. The zero-order chi connectivity index (χ0) is 12.4. The van der Waals surface area contributed by atoms with E-state index in [1.54, 1.807) is 0 Å². The van der Waals surface area contributed by atoms with Gasteiger partial charge in [0.05, 0.1) is 5.60 Å². The predicted molar refractivity (Wildman–Crippen MR) is 69.5 cm³/mol. The fourth-order valence-electron chi connectivity index (χ4n) is 3.00. The molecule has 1 saturated carbocycles. The van der Waals surface area contributed by atoms with Crippen LogP contribution in [0.2, 0.25) is 0 Å². The Hall–Kier alpha value is -0.0800. The molecule has 1 rings (SSSR count). The number of aliphatic hydroxyl groups is 1. The molecular formula is C14H29NO. The van der Waals surface area contributed by atoms with Crippen LogP contribution in [0.4, 0.5) is 0 Å². The molecule has 2 N–H and O–H groups in total. The van der Waals surface area contributed by atoms with E-state index in [1.807, 2.05) is 6.92 Å². The maximum Gasteiger partial charge on any atom is 0.0746 e. The number of rotatable bonds is 5. The van der Waals surface area contributed by atoms with Crippen molar-refractivity contribution in [2.75, 3.05) is 6.54 Å². The Morgan fingerprint density at radius 2 is 2.06 bits per heavy atom. The molecule has 0 bridgehead atoms. The van der Waals surface area contributed by atoms with E-state index in [0.29, 0.717) is 17.4 Å². The van der Waals surface area contributed by atoms with Crippen LogP contribution < -0.4 is 5.32 Å². The van der Waals surface area contributed by atoms with Crippen molar-refractivity contribution in [2.45, 2.75) is 71.9 Å². The topological polar surface area (TPSA) is 32.3 Å². The normalized spacial score (nSPS) is 28.3. The lowest BCUT2D eigenvalue weighted by Gasteiger charge is -2.32. The van der Waals surface area contributed by atoms with Gasteiger partial charge in [0.15, 0.2) is 0 Å². The van der Waals surface area contributed by atoms with Crippen LogP contribution in [0.1, 0.15) is 60.3 Å². The summed E-state index contributed by atoms with van der Waals surface area (Å²) in [5, 5.41) is 13.8. The van der Waals surface area contributed by atoms with E-state index in [-0.39, 0.29) is 0 Å². The zero-order valence-electron chi connectivity index (χ0n) is 11.6. The van der Waals surface area contributed by atoms with Crippen LogP contribution in [0.15, 0.2) is 0 Å². The summed E-state index contributed by atoms with van der Waals surface area (Å²) in [6.07, 6.45) is 4.74. The van der Waals surface area contributed by atoms with Gasteiger partial charge >= 0.3 is 0 Å². The Labute approximate surface area is 101 Å². The average Bonchev–Trinajstić information content (AvgIpc) is 2.39. The lowest BCUT2D eigenvalue weighted by Crippen LogP contribution is -2.46. The molecule has 0 amide bonds. The second-order valence-corrected chi connectivity index (χ2v) is 6.91. The van der Waals surface area contributed by atoms with Gasteiger partial charge in [0.1, 0.15) is 0 Å². The van der Waals surface area contributed by atoms with Crippen molar-refractivity contribution in [3.05, 3.63) is 0 Å². The van der Waals surface area contributed by atoms with Crippen molar-refractivity contribution in [2.24, 2.45) is 11.3 Å². The number of hydrogen-bond donors (Lipinski definition) is 2. The Morgan fingerprint density at radius 1 is 1.44 bits per heavy atom. The van der Waals surface area contributed by atoms with Crippen LogP contribution in [-0.2, 0) is 0 Å². The zero-order valence-corrected chi connectivity index (χ0v) is 11.6. The van der Waals surface area contributed by atoms with Crippen LogP contribution in [0, 0.1) is 11.3 Å². The van der Waals surface area contributed by atoms with Gasteiger partial charge in [-0.2, -0.15) is 0 Å². The van der Waals surface area contributed by atoms with Gasteiger partial charge in [-0.15, -0.1) is 0 Å². The van der Waals surface area contributed by atoms with Crippen LogP contribution in [0.3, 0.4) is 0 Å². The molecular weight excluding hydrogens is 198 g/mol. The van der Waals surface area contributed by atoms with Gasteiger partial charge in [0.25, 0.3) is 0 Å². The van der Waals surface area contributed by atoms with Crippen molar-refractivity contribution in [1.29, 1.82) is 0 Å². The van der Waals surface area contributed by atoms with Gasteiger partial charge < -0.3 is 10.4 Å². The highest BCUT2D eigenvalue weighted by atomic mass is 16.3. The quantitative estimate of drug-likeness (QED) is 0.757. The fourth-order valence-corrected chi connectivity index (χ4v) is 3.00. The van der Waals surface area contributed by atoms with Crippen LogP contribution >= 0.6 is 0 Å². The predicted octanol–water partition coefficient (Wildman–Crippen LogP) is 2.95. The Bertz CT molecular complexity index is 221. The van der Waals surface area contributed by atoms with Crippen LogP contribution in [0.25, 0.3) is 0 Å². The van der Waals surface area contributed by atoms with Crippen molar-refractivity contribution in [3.8, 4) is 0 Å². The largest absolute Gasteiger partial charge is 0.389 e. The highest BCUT2D eigenvalue weighted by molar-refractivity contribution is 4.92. The first-order valence-electron chi connectivity index (χ1n) is 6.69. The lowest BCUT2D eigenvalue weighted by molar-refractivity contribution is 0.0325. The average molecular weight is 227 g/mol. The second kappa shape index (κ2) is 5.05. The molecule has 96 valence electrons. The van der Waals surface area contributed by atoms with Gasteiger partial charge in [-0.25, -0.2) is 0 Å². The summed E-state index contributed by atoms with van der Waals surface area (Å²) < 4.78 is 0. The van der Waals surface area contributed by atoms with Crippen molar-refractivity contribution < 1.29 is 5.11 Å². The van der Waals surface area contributed by atoms with Crippen LogP contribution in [0.5, 0.6) is 0 Å². The van der Waals surface area contributed by atoms with E-state index in [0.717, 1.165) is 13.0 Å². The minimum Gasteiger partial charge on any atom is -0.389 e. The molecule has 0 radical (unpaired) electrons. The van der Waals surface area contributed by atoms with E-state index in [4.69, 9.17) is 0 Å². The van der Waals surface area contributed by atoms with Crippen molar-refractivity contribution >= 4 is 0 Å². The van der Waals surface area contributed by atoms with E-state index >= 15 is 0 Å². The lowest BCUT2D eigenvalue weighted by atomic mass is 9.86. The van der Waals surface area contributed by atoms with Crippen molar-refractivity contribution in [3.63, 3.8) is 0 Å². The van der Waals surface area contributed by atoms with E-state index in [2.05, 4.69) is 33.0 Å². The molecule has 1 aliphatic rings. The summed E-state index contributed by atoms with van der Waals surface area (Å²) in [6, 6.07) is 0.575. The van der Waals surface area contributed by atoms with Crippen molar-refractivity contribution in [1.82, 2.24) is 5.32 Å². The molecule has 0 aromatic heterocycles. The summed E-state index contributed by atoms with van der Waals surface area (Å²) in [6.45, 7) is 11.6. The van der Waals surface area contributed by atoms with E-state index < -0.39 is 5.60 Å². The van der Waals surface area contributed by atoms with Gasteiger partial charge in [0, 0.05) is 12.6 Å². The van der Waals surface area contributed by atoms with E-state index in [9.17, 15) is 5.11 Å². The SMILES string of the molecule is CC(C)CC(C)(O)CNC1CCCC1(C)C. The highest BCUT2D eigenvalue weighted by Gasteiger charge is 2.35.